The van der Waals surface area contributed by atoms with Gasteiger partial charge in [0.25, 0.3) is 0 Å². The molecule has 2 aliphatic rings. The van der Waals surface area contributed by atoms with Gasteiger partial charge in [-0.3, -0.25) is 14.5 Å². The summed E-state index contributed by atoms with van der Waals surface area (Å²) in [5.41, 5.74) is 1.91. The number of halogens is 5. The standard InChI is InChI=1S/C25H20ClF4N5O3/c1-34(23(37)25(28,29)30)21-5-2-12(10-31-21)15-8-18(27)19(9-17(15)26)33-24(38)35-14-3-4-20(35)16-11-32-22(36)7-13(16)6-14/h2,5,7-11,14,20H,3-4,6H2,1H3,(H,32,36)(H,33,38)/t14-,20+/m0/s1. The molecule has 3 amide bonds. The Hall–Kier alpha value is -3.93. The number of aromatic amines is 1. The molecule has 13 heteroatoms. The third-order valence-electron chi connectivity index (χ3n) is 6.85. The van der Waals surface area contributed by atoms with Crippen molar-refractivity contribution in [3.63, 3.8) is 0 Å². The van der Waals surface area contributed by atoms with Gasteiger partial charge in [-0.1, -0.05) is 11.6 Å². The molecule has 1 saturated heterocycles. The smallest absolute Gasteiger partial charge is 0.329 e. The molecule has 4 heterocycles. The highest BCUT2D eigenvalue weighted by molar-refractivity contribution is 6.33. The minimum absolute atomic E-state index is 0.0699. The molecule has 0 radical (unpaired) electrons. The number of aromatic nitrogens is 2. The van der Waals surface area contributed by atoms with E-state index >= 15 is 4.39 Å². The van der Waals surface area contributed by atoms with Crippen LogP contribution in [0.25, 0.3) is 11.1 Å². The van der Waals surface area contributed by atoms with Gasteiger partial charge in [0.05, 0.1) is 16.8 Å². The number of alkyl halides is 3. The molecule has 0 unspecified atom stereocenters. The van der Waals surface area contributed by atoms with E-state index in [9.17, 15) is 27.6 Å². The highest BCUT2D eigenvalue weighted by atomic mass is 35.5. The number of H-pyrrole nitrogens is 1. The normalized spacial score (nSPS) is 18.2. The number of anilines is 2. The predicted octanol–water partition coefficient (Wildman–Crippen LogP) is 5.05. The van der Waals surface area contributed by atoms with Gasteiger partial charge < -0.3 is 15.2 Å². The van der Waals surface area contributed by atoms with Crippen molar-refractivity contribution in [1.82, 2.24) is 14.9 Å². The Kier molecular flexibility index (Phi) is 6.38. The van der Waals surface area contributed by atoms with Crippen LogP contribution in [0.2, 0.25) is 5.02 Å². The summed E-state index contributed by atoms with van der Waals surface area (Å²) < 4.78 is 53.1. The van der Waals surface area contributed by atoms with Gasteiger partial charge in [0.2, 0.25) is 5.56 Å². The van der Waals surface area contributed by atoms with Crippen LogP contribution in [-0.4, -0.2) is 46.1 Å². The maximum Gasteiger partial charge on any atom is 0.471 e. The first-order valence-electron chi connectivity index (χ1n) is 11.5. The van der Waals surface area contributed by atoms with Crippen LogP contribution in [0, 0.1) is 5.82 Å². The zero-order chi connectivity index (χ0) is 27.4. The van der Waals surface area contributed by atoms with Crippen LogP contribution in [0.15, 0.2) is 47.5 Å². The average Bonchev–Trinajstić information content (AvgIpc) is 3.19. The van der Waals surface area contributed by atoms with Crippen molar-refractivity contribution in [2.24, 2.45) is 0 Å². The number of hydrogen-bond acceptors (Lipinski definition) is 4. The van der Waals surface area contributed by atoms with E-state index in [0.717, 1.165) is 30.7 Å². The fourth-order valence-corrected chi connectivity index (χ4v) is 5.32. The summed E-state index contributed by atoms with van der Waals surface area (Å²) in [7, 11) is 0.939. The van der Waals surface area contributed by atoms with Crippen LogP contribution < -0.4 is 15.8 Å². The quantitative estimate of drug-likeness (QED) is 0.447. The summed E-state index contributed by atoms with van der Waals surface area (Å²) in [6.07, 6.45) is -0.286. The second kappa shape index (κ2) is 9.43. The molecule has 2 aromatic heterocycles. The molecule has 1 fully saturated rings. The summed E-state index contributed by atoms with van der Waals surface area (Å²) in [5.74, 6) is -3.11. The number of carbonyl (C=O) groups is 2. The van der Waals surface area contributed by atoms with E-state index in [2.05, 4.69) is 15.3 Å². The number of nitrogens with zero attached hydrogens (tertiary/aromatic N) is 3. The van der Waals surface area contributed by atoms with Gasteiger partial charge in [0, 0.05) is 42.7 Å². The van der Waals surface area contributed by atoms with Crippen molar-refractivity contribution >= 4 is 35.0 Å². The lowest BCUT2D eigenvalue weighted by atomic mass is 9.95. The molecule has 0 aliphatic carbocycles. The zero-order valence-electron chi connectivity index (χ0n) is 19.8. The van der Waals surface area contributed by atoms with Crippen LogP contribution in [0.1, 0.15) is 30.0 Å². The Balaban J connectivity index is 1.34. The number of fused-ring (bicyclic) bond motifs is 4. The first-order chi connectivity index (χ1) is 17.9. The Morgan fingerprint density at radius 1 is 1.21 bits per heavy atom. The maximum absolute atomic E-state index is 15.1. The number of amides is 3. The number of pyridine rings is 2. The lowest BCUT2D eigenvalue weighted by Crippen LogP contribution is -2.44. The highest BCUT2D eigenvalue weighted by Crippen LogP contribution is 2.43. The molecular weight excluding hydrogens is 530 g/mol. The lowest BCUT2D eigenvalue weighted by molar-refractivity contribution is -0.170. The third-order valence-corrected chi connectivity index (χ3v) is 7.16. The largest absolute Gasteiger partial charge is 0.471 e. The molecule has 0 spiro atoms. The Bertz CT molecular complexity index is 1490. The number of carbonyl (C=O) groups excluding carboxylic acids is 2. The van der Waals surface area contributed by atoms with E-state index in [1.807, 2.05) is 0 Å². The molecule has 198 valence electrons. The second-order valence-electron chi connectivity index (χ2n) is 9.15. The molecule has 1 aromatic carbocycles. The minimum atomic E-state index is -5.06. The molecule has 2 atom stereocenters. The number of urea groups is 1. The maximum atomic E-state index is 15.1. The summed E-state index contributed by atoms with van der Waals surface area (Å²) in [5, 5.41) is 2.65. The monoisotopic (exact) mass is 549 g/mol. The second-order valence-corrected chi connectivity index (χ2v) is 9.55. The van der Waals surface area contributed by atoms with E-state index in [-0.39, 0.29) is 39.7 Å². The van der Waals surface area contributed by atoms with E-state index in [4.69, 9.17) is 11.6 Å². The van der Waals surface area contributed by atoms with Crippen molar-refractivity contribution in [1.29, 1.82) is 0 Å². The highest BCUT2D eigenvalue weighted by Gasteiger charge is 2.43. The van der Waals surface area contributed by atoms with E-state index in [1.165, 1.54) is 24.4 Å². The summed E-state index contributed by atoms with van der Waals surface area (Å²) >= 11 is 6.36. The van der Waals surface area contributed by atoms with E-state index < -0.39 is 23.9 Å². The Morgan fingerprint density at radius 3 is 2.66 bits per heavy atom. The molecule has 2 bridgehead atoms. The fourth-order valence-electron chi connectivity index (χ4n) is 5.04. The number of benzene rings is 1. The van der Waals surface area contributed by atoms with Gasteiger partial charge in [-0.2, -0.15) is 13.2 Å². The average molecular weight is 550 g/mol. The van der Waals surface area contributed by atoms with Gasteiger partial charge in [0.15, 0.2) is 0 Å². The molecule has 3 aromatic rings. The SMILES string of the molecule is CN(C(=O)C(F)(F)F)c1ccc(-c2cc(F)c(NC(=O)N3[C@H]4CC[C@@H]3c3c[nH]c(=O)cc3C4)cc2Cl)cn1. The lowest BCUT2D eigenvalue weighted by Gasteiger charge is -2.36. The van der Waals surface area contributed by atoms with Crippen molar-refractivity contribution in [3.8, 4) is 11.1 Å². The van der Waals surface area contributed by atoms with Crippen molar-refractivity contribution in [3.05, 3.63) is 75.0 Å². The molecule has 0 saturated carbocycles. The first kappa shape index (κ1) is 25.7. The van der Waals surface area contributed by atoms with Gasteiger partial charge in [-0.25, -0.2) is 14.2 Å². The molecule has 5 rings (SSSR count). The van der Waals surface area contributed by atoms with E-state index in [0.29, 0.717) is 23.3 Å². The summed E-state index contributed by atoms with van der Waals surface area (Å²) in [4.78, 5) is 44.8. The van der Waals surface area contributed by atoms with Crippen LogP contribution in [0.4, 0.5) is 33.9 Å². The van der Waals surface area contributed by atoms with Crippen LogP contribution in [0.3, 0.4) is 0 Å². The van der Waals surface area contributed by atoms with Crippen LogP contribution in [-0.2, 0) is 11.2 Å². The predicted molar refractivity (Wildman–Crippen MR) is 131 cm³/mol. The molecule has 38 heavy (non-hydrogen) atoms. The molecule has 2 N–H and O–H groups in total. The van der Waals surface area contributed by atoms with Crippen LogP contribution in [0.5, 0.6) is 0 Å². The Labute approximate surface area is 218 Å². The van der Waals surface area contributed by atoms with Crippen molar-refractivity contribution in [2.75, 3.05) is 17.3 Å². The fraction of sp³-hybridized carbons (Fsp3) is 0.280. The van der Waals surface area contributed by atoms with Gasteiger partial charge >= 0.3 is 18.1 Å². The van der Waals surface area contributed by atoms with Gasteiger partial charge in [-0.05, 0) is 54.7 Å². The van der Waals surface area contributed by atoms with Gasteiger partial charge in [0.1, 0.15) is 11.6 Å². The van der Waals surface area contributed by atoms with E-state index in [1.54, 1.807) is 17.2 Å². The number of hydrogen-bond donors (Lipinski definition) is 2. The van der Waals surface area contributed by atoms with Gasteiger partial charge in [-0.15, -0.1) is 0 Å². The third kappa shape index (κ3) is 4.60. The zero-order valence-corrected chi connectivity index (χ0v) is 20.5. The molecule has 8 nitrogen and oxygen atoms in total. The summed E-state index contributed by atoms with van der Waals surface area (Å²) in [6, 6.07) is 5.54. The number of rotatable bonds is 3. The molecular formula is C25H20ClF4N5O3. The minimum Gasteiger partial charge on any atom is -0.329 e. The molecule has 2 aliphatic heterocycles. The Morgan fingerprint density at radius 2 is 1.97 bits per heavy atom. The number of nitrogens with one attached hydrogen (secondary N) is 2. The van der Waals surface area contributed by atoms with Crippen LogP contribution >= 0.6 is 11.6 Å². The van der Waals surface area contributed by atoms with Crippen molar-refractivity contribution < 1.29 is 27.2 Å². The van der Waals surface area contributed by atoms with Crippen molar-refractivity contribution in [2.45, 2.75) is 37.5 Å². The first-order valence-corrected chi connectivity index (χ1v) is 11.9. The summed E-state index contributed by atoms with van der Waals surface area (Å²) in [6.45, 7) is 0. The topological polar surface area (TPSA) is 98.4 Å².